The van der Waals surface area contributed by atoms with Gasteiger partial charge in [-0.15, -0.1) is 0 Å². The van der Waals surface area contributed by atoms with Crippen LogP contribution in [0.2, 0.25) is 0 Å². The lowest BCUT2D eigenvalue weighted by Crippen LogP contribution is -2.23. The highest BCUT2D eigenvalue weighted by Crippen LogP contribution is 2.37. The molecule has 1 atom stereocenters. The first-order chi connectivity index (χ1) is 19.2. The number of ether oxygens (including phenoxy) is 3. The fourth-order valence-corrected chi connectivity index (χ4v) is 4.43. The molecular weight excluding hydrogens is 582 g/mol. The number of aliphatic carboxylic acids is 1. The topological polar surface area (TPSA) is 125 Å². The summed E-state index contributed by atoms with van der Waals surface area (Å²) in [5.41, 5.74) is 6.33. The zero-order chi connectivity index (χ0) is 28.8. The van der Waals surface area contributed by atoms with Gasteiger partial charge in [-0.3, -0.25) is 4.79 Å². The van der Waals surface area contributed by atoms with Crippen LogP contribution in [-0.4, -0.2) is 41.0 Å². The number of amides is 1. The third-order valence-electron chi connectivity index (χ3n) is 5.91. The standard InChI is InChI=1S/C29H28BrN3O7/c1-17-5-6-18(2)33(17)21-7-9-22(10-8-21)38-16-23-11-12-25(40-23)28(34)32-31-15-20-13-24(30)27(26(14-20)37-4)39-19(3)29(35)36/h5-15,19H,16H2,1-4H3,(H,32,34)(H,35,36)/b31-15+/t19-/m1/s1. The molecule has 2 heterocycles. The average molecular weight is 610 g/mol. The van der Waals surface area contributed by atoms with Crippen LogP contribution in [0.5, 0.6) is 17.2 Å². The maximum Gasteiger partial charge on any atom is 0.344 e. The first kappa shape index (κ1) is 28.5. The Balaban J connectivity index is 1.33. The van der Waals surface area contributed by atoms with Crippen molar-refractivity contribution < 1.29 is 33.3 Å². The van der Waals surface area contributed by atoms with E-state index in [9.17, 15) is 9.59 Å². The molecule has 2 aromatic heterocycles. The number of furan rings is 1. The number of nitrogens with one attached hydrogen (secondary N) is 1. The monoisotopic (exact) mass is 609 g/mol. The van der Waals surface area contributed by atoms with Crippen molar-refractivity contribution in [1.82, 2.24) is 9.99 Å². The van der Waals surface area contributed by atoms with Gasteiger partial charge in [0.15, 0.2) is 23.4 Å². The smallest absolute Gasteiger partial charge is 0.344 e. The number of carboxylic acids is 1. The summed E-state index contributed by atoms with van der Waals surface area (Å²) in [4.78, 5) is 23.6. The molecule has 0 spiro atoms. The van der Waals surface area contributed by atoms with Crippen molar-refractivity contribution >= 4 is 34.0 Å². The Morgan fingerprint density at radius 1 is 1.10 bits per heavy atom. The number of carbonyl (C=O) groups excluding carboxylic acids is 1. The Morgan fingerprint density at radius 3 is 2.45 bits per heavy atom. The summed E-state index contributed by atoms with van der Waals surface area (Å²) >= 11 is 3.35. The normalized spacial score (nSPS) is 11.8. The van der Waals surface area contributed by atoms with E-state index in [1.54, 1.807) is 24.3 Å². The van der Waals surface area contributed by atoms with Gasteiger partial charge < -0.3 is 28.3 Å². The lowest BCUT2D eigenvalue weighted by molar-refractivity contribution is -0.144. The molecule has 4 rings (SSSR count). The van der Waals surface area contributed by atoms with E-state index in [-0.39, 0.29) is 18.1 Å². The Morgan fingerprint density at radius 2 is 1.80 bits per heavy atom. The Kier molecular flexibility index (Phi) is 8.95. The average Bonchev–Trinajstić information content (AvgIpc) is 3.55. The van der Waals surface area contributed by atoms with Crippen molar-refractivity contribution in [3.8, 4) is 22.9 Å². The van der Waals surface area contributed by atoms with Crippen LogP contribution in [0.25, 0.3) is 5.69 Å². The first-order valence-electron chi connectivity index (χ1n) is 12.2. The molecular formula is C29H28BrN3O7. The fraction of sp³-hybridized carbons (Fsp3) is 0.207. The van der Waals surface area contributed by atoms with Crippen LogP contribution in [0.4, 0.5) is 0 Å². The molecule has 1 amide bonds. The second kappa shape index (κ2) is 12.6. The summed E-state index contributed by atoms with van der Waals surface area (Å²) in [6, 6.07) is 18.3. The number of methoxy groups -OCH3 is 1. The molecule has 4 aromatic rings. The zero-order valence-corrected chi connectivity index (χ0v) is 23.9. The SMILES string of the molecule is COc1cc(/C=N/NC(=O)c2ccc(COc3ccc(-n4c(C)ccc4C)cc3)o2)cc(Br)c1O[C@H](C)C(=O)O. The molecule has 10 nitrogen and oxygen atoms in total. The second-order valence-corrected chi connectivity index (χ2v) is 9.69. The molecule has 0 aliphatic heterocycles. The summed E-state index contributed by atoms with van der Waals surface area (Å²) in [6.45, 7) is 5.68. The van der Waals surface area contributed by atoms with Gasteiger partial charge in [-0.25, -0.2) is 10.2 Å². The van der Waals surface area contributed by atoms with Gasteiger partial charge in [-0.1, -0.05) is 0 Å². The number of hydrogen-bond donors (Lipinski definition) is 2. The van der Waals surface area contributed by atoms with Gasteiger partial charge in [-0.2, -0.15) is 5.10 Å². The van der Waals surface area contributed by atoms with Crippen LogP contribution in [0.3, 0.4) is 0 Å². The van der Waals surface area contributed by atoms with E-state index in [4.69, 9.17) is 23.7 Å². The Hall–Kier alpha value is -4.51. The third-order valence-corrected chi connectivity index (χ3v) is 6.50. The number of rotatable bonds is 11. The highest BCUT2D eigenvalue weighted by Gasteiger charge is 2.19. The van der Waals surface area contributed by atoms with Crippen LogP contribution >= 0.6 is 15.9 Å². The number of carboxylic acid groups (broad SMARTS) is 1. The number of aromatic nitrogens is 1. The summed E-state index contributed by atoms with van der Waals surface area (Å²) in [5, 5.41) is 13.1. The Bertz CT molecular complexity index is 1520. The number of hydrazone groups is 1. The van der Waals surface area contributed by atoms with Gasteiger partial charge >= 0.3 is 11.9 Å². The van der Waals surface area contributed by atoms with E-state index in [2.05, 4.69) is 57.0 Å². The fourth-order valence-electron chi connectivity index (χ4n) is 3.88. The molecule has 0 aliphatic rings. The van der Waals surface area contributed by atoms with Crippen molar-refractivity contribution in [3.05, 3.63) is 93.6 Å². The summed E-state index contributed by atoms with van der Waals surface area (Å²) in [7, 11) is 1.43. The molecule has 0 fully saturated rings. The van der Waals surface area contributed by atoms with E-state index in [1.165, 1.54) is 20.2 Å². The first-order valence-corrected chi connectivity index (χ1v) is 13.0. The van der Waals surface area contributed by atoms with Crippen LogP contribution in [0, 0.1) is 13.8 Å². The second-order valence-electron chi connectivity index (χ2n) is 8.83. The lowest BCUT2D eigenvalue weighted by Gasteiger charge is -2.15. The molecule has 0 saturated carbocycles. The highest BCUT2D eigenvalue weighted by atomic mass is 79.9. The number of hydrogen-bond acceptors (Lipinski definition) is 7. The minimum Gasteiger partial charge on any atom is -0.493 e. The van der Waals surface area contributed by atoms with Gasteiger partial charge in [0.05, 0.1) is 17.8 Å². The van der Waals surface area contributed by atoms with Crippen LogP contribution in [-0.2, 0) is 11.4 Å². The third kappa shape index (κ3) is 6.73. The molecule has 208 valence electrons. The van der Waals surface area contributed by atoms with Crippen molar-refractivity contribution in [2.45, 2.75) is 33.5 Å². The number of halogens is 1. The van der Waals surface area contributed by atoms with Gasteiger partial charge in [-0.05, 0) is 103 Å². The molecule has 0 unspecified atom stereocenters. The molecule has 2 aromatic carbocycles. The minimum absolute atomic E-state index is 0.0785. The zero-order valence-electron chi connectivity index (χ0n) is 22.3. The van der Waals surface area contributed by atoms with Gasteiger partial charge in [0.1, 0.15) is 18.1 Å². The van der Waals surface area contributed by atoms with Crippen molar-refractivity contribution in [1.29, 1.82) is 0 Å². The van der Waals surface area contributed by atoms with E-state index < -0.39 is 18.0 Å². The van der Waals surface area contributed by atoms with Crippen LogP contribution in [0.15, 0.2) is 74.7 Å². The predicted octanol–water partition coefficient (Wildman–Crippen LogP) is 5.65. The maximum atomic E-state index is 12.5. The quantitative estimate of drug-likeness (QED) is 0.166. The minimum atomic E-state index is -1.11. The number of aryl methyl sites for hydroxylation is 2. The summed E-state index contributed by atoms with van der Waals surface area (Å²) in [6.07, 6.45) is 0.333. The predicted molar refractivity (Wildman–Crippen MR) is 152 cm³/mol. The van der Waals surface area contributed by atoms with Crippen molar-refractivity contribution in [2.75, 3.05) is 7.11 Å². The largest absolute Gasteiger partial charge is 0.493 e. The van der Waals surface area contributed by atoms with Crippen molar-refractivity contribution in [2.24, 2.45) is 5.10 Å². The molecule has 11 heteroatoms. The molecule has 0 bridgehead atoms. The van der Waals surface area contributed by atoms with Crippen LogP contribution < -0.4 is 19.6 Å². The number of nitrogens with zero attached hydrogens (tertiary/aromatic N) is 2. The number of benzene rings is 2. The Labute approximate surface area is 239 Å². The van der Waals surface area contributed by atoms with Gasteiger partial charge in [0.2, 0.25) is 0 Å². The van der Waals surface area contributed by atoms with Crippen molar-refractivity contribution in [3.63, 3.8) is 0 Å². The molecule has 0 radical (unpaired) electrons. The van der Waals surface area contributed by atoms with Crippen LogP contribution in [0.1, 0.15) is 40.2 Å². The lowest BCUT2D eigenvalue weighted by atomic mass is 10.2. The number of carbonyl (C=O) groups is 2. The molecule has 0 aliphatic carbocycles. The molecule has 2 N–H and O–H groups in total. The summed E-state index contributed by atoms with van der Waals surface area (Å²) < 4.78 is 24.8. The molecule has 0 saturated heterocycles. The molecule has 40 heavy (non-hydrogen) atoms. The van der Waals surface area contributed by atoms with Gasteiger partial charge in [0.25, 0.3) is 0 Å². The highest BCUT2D eigenvalue weighted by molar-refractivity contribution is 9.10. The van der Waals surface area contributed by atoms with E-state index in [0.29, 0.717) is 27.3 Å². The maximum absolute atomic E-state index is 12.5. The van der Waals surface area contributed by atoms with E-state index in [0.717, 1.165) is 17.1 Å². The van der Waals surface area contributed by atoms with E-state index in [1.807, 2.05) is 24.3 Å². The summed E-state index contributed by atoms with van der Waals surface area (Å²) in [5.74, 6) is 0.132. The van der Waals surface area contributed by atoms with E-state index >= 15 is 0 Å². The van der Waals surface area contributed by atoms with Gasteiger partial charge in [0, 0.05) is 17.1 Å².